The van der Waals surface area contributed by atoms with Crippen molar-refractivity contribution in [3.63, 3.8) is 0 Å². The van der Waals surface area contributed by atoms with Crippen molar-refractivity contribution in [1.82, 2.24) is 0 Å². The molecule has 2 aromatic carbocycles. The molecule has 0 aliphatic rings. The molecule has 0 aromatic heterocycles. The Bertz CT molecular complexity index is 793. The Morgan fingerprint density at radius 3 is 2.25 bits per heavy atom. The van der Waals surface area contributed by atoms with E-state index < -0.39 is 11.9 Å². The molecule has 0 bridgehead atoms. The lowest BCUT2D eigenvalue weighted by atomic mass is 10.1. The Hall–Kier alpha value is -2.38. The number of halogens is 1. The quantitative estimate of drug-likeness (QED) is 0.323. The highest BCUT2D eigenvalue weighted by atomic mass is 79.9. The van der Waals surface area contributed by atoms with Crippen molar-refractivity contribution in [2.45, 2.75) is 20.8 Å². The van der Waals surface area contributed by atoms with Crippen LogP contribution in [0.4, 0.5) is 0 Å². The van der Waals surface area contributed by atoms with Crippen molar-refractivity contribution in [3.8, 4) is 11.5 Å². The molecule has 0 atom stereocenters. The summed E-state index contributed by atoms with van der Waals surface area (Å²) in [6, 6.07) is 9.98. The van der Waals surface area contributed by atoms with E-state index in [0.717, 1.165) is 15.6 Å². The maximum atomic E-state index is 12.0. The summed E-state index contributed by atoms with van der Waals surface area (Å²) in [4.78, 5) is 23.9. The molecule has 0 amide bonds. The number of benzene rings is 2. The van der Waals surface area contributed by atoms with E-state index in [-0.39, 0.29) is 13.2 Å². The SMILES string of the molecule is CCOCCOC(=O)c1ccc(OC(=O)COc2c(C)cc(Br)cc2C)cc1. The monoisotopic (exact) mass is 450 g/mol. The minimum atomic E-state index is -0.534. The molecular weight excluding hydrogens is 428 g/mol. The summed E-state index contributed by atoms with van der Waals surface area (Å²) in [5.74, 6) is -0.00938. The molecule has 0 radical (unpaired) electrons. The average molecular weight is 451 g/mol. The van der Waals surface area contributed by atoms with Crippen LogP contribution in [-0.4, -0.2) is 38.4 Å². The van der Waals surface area contributed by atoms with Crippen LogP contribution in [-0.2, 0) is 14.3 Å². The Morgan fingerprint density at radius 2 is 1.64 bits per heavy atom. The lowest BCUT2D eigenvalue weighted by molar-refractivity contribution is -0.136. The molecule has 28 heavy (non-hydrogen) atoms. The van der Waals surface area contributed by atoms with Gasteiger partial charge in [-0.3, -0.25) is 0 Å². The van der Waals surface area contributed by atoms with Crippen molar-refractivity contribution < 1.29 is 28.5 Å². The molecule has 2 rings (SSSR count). The van der Waals surface area contributed by atoms with Crippen molar-refractivity contribution in [3.05, 3.63) is 57.6 Å². The molecule has 0 spiro atoms. The van der Waals surface area contributed by atoms with Gasteiger partial charge in [0.2, 0.25) is 0 Å². The first kappa shape index (κ1) is 21.9. The van der Waals surface area contributed by atoms with Crippen LogP contribution in [0, 0.1) is 13.8 Å². The number of ether oxygens (including phenoxy) is 4. The third-order valence-corrected chi connectivity index (χ3v) is 4.20. The first-order chi connectivity index (χ1) is 13.4. The summed E-state index contributed by atoms with van der Waals surface area (Å²) in [7, 11) is 0. The average Bonchev–Trinajstić information content (AvgIpc) is 2.64. The second-order valence-corrected chi connectivity index (χ2v) is 6.90. The second-order valence-electron chi connectivity index (χ2n) is 5.99. The topological polar surface area (TPSA) is 71.1 Å². The van der Waals surface area contributed by atoms with Gasteiger partial charge in [-0.25, -0.2) is 9.59 Å². The maximum absolute atomic E-state index is 12.0. The number of rotatable bonds is 9. The fraction of sp³-hybridized carbons (Fsp3) is 0.333. The van der Waals surface area contributed by atoms with E-state index in [1.807, 2.05) is 32.9 Å². The van der Waals surface area contributed by atoms with Crippen LogP contribution in [0.15, 0.2) is 40.9 Å². The number of carbonyl (C=O) groups is 2. The lowest BCUT2D eigenvalue weighted by Crippen LogP contribution is -2.18. The van der Waals surface area contributed by atoms with Crippen LogP contribution in [0.3, 0.4) is 0 Å². The number of hydrogen-bond donors (Lipinski definition) is 0. The molecular formula is C21H23BrO6. The van der Waals surface area contributed by atoms with Gasteiger partial charge < -0.3 is 18.9 Å². The fourth-order valence-electron chi connectivity index (χ4n) is 2.50. The molecule has 0 unspecified atom stereocenters. The summed E-state index contributed by atoms with van der Waals surface area (Å²) in [5, 5.41) is 0. The largest absolute Gasteiger partial charge is 0.481 e. The maximum Gasteiger partial charge on any atom is 0.349 e. The molecule has 0 aliphatic carbocycles. The number of aryl methyl sites for hydroxylation is 2. The van der Waals surface area contributed by atoms with Crippen LogP contribution >= 0.6 is 15.9 Å². The van der Waals surface area contributed by atoms with Crippen LogP contribution in [0.5, 0.6) is 11.5 Å². The molecule has 0 heterocycles. The van der Waals surface area contributed by atoms with Crippen LogP contribution < -0.4 is 9.47 Å². The summed E-state index contributed by atoms with van der Waals surface area (Å²) >= 11 is 3.42. The summed E-state index contributed by atoms with van der Waals surface area (Å²) in [5.41, 5.74) is 2.22. The molecule has 0 saturated carbocycles. The zero-order valence-electron chi connectivity index (χ0n) is 16.1. The minimum Gasteiger partial charge on any atom is -0.481 e. The highest BCUT2D eigenvalue weighted by Crippen LogP contribution is 2.27. The third-order valence-electron chi connectivity index (χ3n) is 3.75. The lowest BCUT2D eigenvalue weighted by Gasteiger charge is -2.12. The molecule has 7 heteroatoms. The zero-order chi connectivity index (χ0) is 20.5. The van der Waals surface area contributed by atoms with Gasteiger partial charge in [0.15, 0.2) is 6.61 Å². The summed E-state index contributed by atoms with van der Waals surface area (Å²) in [6.45, 7) is 6.58. The van der Waals surface area contributed by atoms with Crippen molar-refractivity contribution >= 4 is 27.9 Å². The van der Waals surface area contributed by atoms with E-state index in [9.17, 15) is 9.59 Å². The highest BCUT2D eigenvalue weighted by molar-refractivity contribution is 9.10. The van der Waals surface area contributed by atoms with E-state index in [0.29, 0.717) is 30.3 Å². The number of hydrogen-bond acceptors (Lipinski definition) is 6. The van der Waals surface area contributed by atoms with Gasteiger partial charge in [0, 0.05) is 11.1 Å². The fourth-order valence-corrected chi connectivity index (χ4v) is 3.18. The van der Waals surface area contributed by atoms with E-state index >= 15 is 0 Å². The molecule has 0 fully saturated rings. The van der Waals surface area contributed by atoms with Gasteiger partial charge >= 0.3 is 11.9 Å². The Morgan fingerprint density at radius 1 is 1.00 bits per heavy atom. The van der Waals surface area contributed by atoms with Gasteiger partial charge in [-0.1, -0.05) is 15.9 Å². The second kappa shape index (κ2) is 10.8. The standard InChI is InChI=1S/C21H23BrO6/c1-4-25-9-10-26-21(24)16-5-7-18(8-6-16)28-19(23)13-27-20-14(2)11-17(22)12-15(20)3/h5-8,11-12H,4,9-10,13H2,1-3H3. The Kier molecular flexibility index (Phi) is 8.47. The summed E-state index contributed by atoms with van der Waals surface area (Å²) < 4.78 is 22.0. The highest BCUT2D eigenvalue weighted by Gasteiger charge is 2.12. The zero-order valence-corrected chi connectivity index (χ0v) is 17.7. The van der Waals surface area contributed by atoms with Crippen molar-refractivity contribution in [2.24, 2.45) is 0 Å². The van der Waals surface area contributed by atoms with Gasteiger partial charge in [-0.2, -0.15) is 0 Å². The molecule has 0 saturated heterocycles. The Balaban J connectivity index is 1.85. The smallest absolute Gasteiger partial charge is 0.349 e. The number of esters is 2. The number of carbonyl (C=O) groups excluding carboxylic acids is 2. The summed E-state index contributed by atoms with van der Waals surface area (Å²) in [6.07, 6.45) is 0. The first-order valence-electron chi connectivity index (χ1n) is 8.86. The third kappa shape index (κ3) is 6.65. The van der Waals surface area contributed by atoms with Crippen LogP contribution in [0.2, 0.25) is 0 Å². The van der Waals surface area contributed by atoms with E-state index in [1.54, 1.807) is 0 Å². The first-order valence-corrected chi connectivity index (χ1v) is 9.65. The molecule has 2 aromatic rings. The van der Waals surface area contributed by atoms with Gasteiger partial charge in [0.05, 0.1) is 12.2 Å². The minimum absolute atomic E-state index is 0.190. The van der Waals surface area contributed by atoms with Gasteiger partial charge in [0.25, 0.3) is 0 Å². The van der Waals surface area contributed by atoms with E-state index in [2.05, 4.69) is 15.9 Å². The molecule has 6 nitrogen and oxygen atoms in total. The molecule has 0 N–H and O–H groups in total. The van der Waals surface area contributed by atoms with Crippen LogP contribution in [0.1, 0.15) is 28.4 Å². The van der Waals surface area contributed by atoms with E-state index in [4.69, 9.17) is 18.9 Å². The normalized spacial score (nSPS) is 10.4. The van der Waals surface area contributed by atoms with Gasteiger partial charge in [-0.05, 0) is 68.3 Å². The van der Waals surface area contributed by atoms with Crippen molar-refractivity contribution in [1.29, 1.82) is 0 Å². The van der Waals surface area contributed by atoms with E-state index in [1.165, 1.54) is 24.3 Å². The van der Waals surface area contributed by atoms with Gasteiger partial charge in [0.1, 0.15) is 18.1 Å². The van der Waals surface area contributed by atoms with Gasteiger partial charge in [-0.15, -0.1) is 0 Å². The molecule has 150 valence electrons. The Labute approximate surface area is 172 Å². The predicted octanol–water partition coefficient (Wildman–Crippen LogP) is 4.24. The predicted molar refractivity (Wildman–Crippen MR) is 108 cm³/mol. The van der Waals surface area contributed by atoms with Crippen molar-refractivity contribution in [2.75, 3.05) is 26.4 Å². The van der Waals surface area contributed by atoms with Crippen LogP contribution in [0.25, 0.3) is 0 Å². The molecule has 0 aliphatic heterocycles.